The van der Waals surface area contributed by atoms with Crippen molar-refractivity contribution in [1.82, 2.24) is 48.6 Å². The number of aromatic nitrogens is 10. The number of nitrogens with zero attached hydrogens (tertiary/aromatic N) is 10. The Labute approximate surface area is 806 Å². The van der Waals surface area contributed by atoms with Gasteiger partial charge in [-0.2, -0.15) is 9.97 Å². The Morgan fingerprint density at radius 3 is 0.957 bits per heavy atom. The maximum atomic E-state index is 6.64. The Morgan fingerprint density at radius 1 is 0.191 bits per heavy atom. The molecule has 0 bridgehead atoms. The lowest BCUT2D eigenvalue weighted by Crippen LogP contribution is -2.06. The first kappa shape index (κ1) is 80.6. The summed E-state index contributed by atoms with van der Waals surface area (Å²) in [4.78, 5) is 36.7. The Balaban J connectivity index is 0.000000105. The van der Waals surface area contributed by atoms with E-state index in [0.29, 0.717) is 35.4 Å². The summed E-state index contributed by atoms with van der Waals surface area (Å²) >= 11 is 0. The summed E-state index contributed by atoms with van der Waals surface area (Å²) in [6, 6.07) is 155. The highest BCUT2D eigenvalue weighted by molar-refractivity contribution is 6.27. The zero-order valence-corrected chi connectivity index (χ0v) is 76.4. The number of furan rings is 3. The lowest BCUT2D eigenvalue weighted by Gasteiger charge is -2.13. The highest BCUT2D eigenvalue weighted by atomic mass is 16.3. The molecule has 13 nitrogen and oxygen atoms in total. The molecule has 0 N–H and O–H groups in total. The normalized spacial score (nSPS) is 12.0. The van der Waals surface area contributed by atoms with E-state index in [1.807, 2.05) is 54.6 Å². The fraction of sp³-hybridized carbons (Fsp3) is 0.0234. The quantitative estimate of drug-likeness (QED) is 0.130. The van der Waals surface area contributed by atoms with Crippen LogP contribution in [0.5, 0.6) is 0 Å². The van der Waals surface area contributed by atoms with E-state index in [0.717, 1.165) is 220 Å². The van der Waals surface area contributed by atoms with Crippen LogP contribution < -0.4 is 0 Å². The molecule has 21 aromatic carbocycles. The van der Waals surface area contributed by atoms with Gasteiger partial charge < -0.3 is 13.3 Å². The molecule has 660 valence electrons. The molecule has 0 aliphatic heterocycles. The van der Waals surface area contributed by atoms with Gasteiger partial charge in [0.1, 0.15) is 33.5 Å². The molecule has 0 radical (unpaired) electrons. The molecular formula is C128H80N10O3. The van der Waals surface area contributed by atoms with Crippen molar-refractivity contribution in [2.24, 2.45) is 0 Å². The van der Waals surface area contributed by atoms with E-state index in [2.05, 4.69) is 416 Å². The molecule has 13 heteroatoms. The van der Waals surface area contributed by atoms with Gasteiger partial charge in [0.25, 0.3) is 0 Å². The fourth-order valence-corrected chi connectivity index (χ4v) is 21.3. The van der Waals surface area contributed by atoms with Gasteiger partial charge in [0, 0.05) is 81.5 Å². The summed E-state index contributed by atoms with van der Waals surface area (Å²) in [6.45, 7) is 4.43. The standard InChI is InChI=1S/C47H28N4O.C46H27N3O.C35H25N3O/c1-2-10-29(11-3-1)34-22-23-39-41(28-34)51(40-25-24-38-37-16-8-9-17-42(37)52-44(38)43(39)40)47-49-45(35-20-18-30-12-4-6-14-32(30)26-35)48-46(50-47)36-21-19-31-13-5-7-15-33(31)27-36;1-3-11-30-25-32(19-17-28(30)9-1)33-21-22-38-41(27-33)49(40-24-23-36-35-13-6-8-16-42(35)50-45(36)43(38)40)46-47-39-15-7-5-14-37(39)44(48-46)34-20-18-29-10-2-4-12-31(29)26-34;1-21(2)22-15-17-23(18-16-22)33-26-10-3-6-12-28(26)36-35(37-33)38-29-13-7-4-11-27(29)32-30(38)20-19-25-24-9-5-8-14-31(24)39-34(25)32/h1-28H;1-27H;3-21H,1-2H3. The lowest BCUT2D eigenvalue weighted by molar-refractivity contribution is 0.672. The molecule has 0 unspecified atom stereocenters. The lowest BCUT2D eigenvalue weighted by atomic mass is 9.99. The summed E-state index contributed by atoms with van der Waals surface area (Å²) in [7, 11) is 0. The first-order valence-electron chi connectivity index (χ1n) is 47.7. The highest BCUT2D eigenvalue weighted by Gasteiger charge is 2.28. The van der Waals surface area contributed by atoms with Crippen LogP contribution in [0.1, 0.15) is 25.3 Å². The molecule has 0 saturated carbocycles. The smallest absolute Gasteiger partial charge is 0.238 e. The number of hydrogen-bond acceptors (Lipinski definition) is 10. The molecule has 141 heavy (non-hydrogen) atoms. The van der Waals surface area contributed by atoms with Crippen molar-refractivity contribution in [2.75, 3.05) is 0 Å². The molecule has 30 aromatic rings. The van der Waals surface area contributed by atoms with Crippen LogP contribution in [-0.4, -0.2) is 48.6 Å². The minimum atomic E-state index is 0.476. The Morgan fingerprint density at radius 2 is 0.504 bits per heavy atom. The zero-order valence-electron chi connectivity index (χ0n) is 76.4. The van der Waals surface area contributed by atoms with Crippen LogP contribution in [0.4, 0.5) is 0 Å². The molecule has 0 saturated heterocycles. The van der Waals surface area contributed by atoms with Crippen molar-refractivity contribution < 1.29 is 13.3 Å². The molecule has 0 aliphatic carbocycles. The first-order chi connectivity index (χ1) is 69.7. The predicted molar refractivity (Wildman–Crippen MR) is 580 cm³/mol. The maximum absolute atomic E-state index is 6.64. The Bertz CT molecular complexity index is 10300. The van der Waals surface area contributed by atoms with Crippen LogP contribution >= 0.6 is 0 Å². The van der Waals surface area contributed by atoms with E-state index >= 15 is 0 Å². The van der Waals surface area contributed by atoms with Crippen LogP contribution in [0.2, 0.25) is 0 Å². The number of rotatable bonds is 10. The van der Waals surface area contributed by atoms with E-state index in [1.165, 1.54) is 37.9 Å². The maximum Gasteiger partial charge on any atom is 0.238 e. The van der Waals surface area contributed by atoms with Crippen molar-refractivity contribution in [3.63, 3.8) is 0 Å². The van der Waals surface area contributed by atoms with Gasteiger partial charge in [0.15, 0.2) is 11.6 Å². The number of fused-ring (bicyclic) bond motifs is 27. The predicted octanol–water partition coefficient (Wildman–Crippen LogP) is 33.9. The minimum Gasteiger partial charge on any atom is -0.455 e. The number of para-hydroxylation sites is 6. The van der Waals surface area contributed by atoms with Crippen LogP contribution in [0, 0.1) is 0 Å². The zero-order chi connectivity index (χ0) is 93.0. The summed E-state index contributed by atoms with van der Waals surface area (Å²) in [6.07, 6.45) is 0. The summed E-state index contributed by atoms with van der Waals surface area (Å²) in [5.74, 6) is 3.51. The van der Waals surface area contributed by atoms with Gasteiger partial charge in [-0.15, -0.1) is 0 Å². The molecule has 0 atom stereocenters. The number of benzene rings is 21. The fourth-order valence-electron chi connectivity index (χ4n) is 21.3. The Hall–Kier alpha value is -18.9. The summed E-state index contributed by atoms with van der Waals surface area (Å²) in [5.41, 5.74) is 24.8. The van der Waals surface area contributed by atoms with Gasteiger partial charge >= 0.3 is 0 Å². The van der Waals surface area contributed by atoms with Crippen molar-refractivity contribution in [3.8, 4) is 85.4 Å². The molecule has 0 amide bonds. The van der Waals surface area contributed by atoms with Crippen LogP contribution in [0.25, 0.3) is 282 Å². The molecule has 0 fully saturated rings. The SMILES string of the molecule is CC(C)c1ccc(-c2nc(-n3c4ccccc4c4c5oc6ccccc6c5ccc43)nc3ccccc23)cc1.c1ccc(-c2ccc3c4c5oc6ccccc6c5ccc4n(-c4nc(-c5ccc6ccccc6c5)nc(-c5ccc6ccccc6c5)n4)c3c2)cc1.c1ccc2cc(-c3ccc4c5c6oc7ccccc7c6ccc5n(-c5nc(-c6ccc7ccccc7c6)c6ccccc6n5)c4c3)ccc2c1. The van der Waals surface area contributed by atoms with Gasteiger partial charge in [0.05, 0.1) is 71.7 Å². The van der Waals surface area contributed by atoms with Crippen LogP contribution in [-0.2, 0) is 0 Å². The topological polar surface area (TPSA) is 144 Å². The van der Waals surface area contributed by atoms with Gasteiger partial charge in [-0.3, -0.25) is 13.7 Å². The van der Waals surface area contributed by atoms with E-state index in [9.17, 15) is 0 Å². The molecule has 30 rings (SSSR count). The van der Waals surface area contributed by atoms with Crippen molar-refractivity contribution in [1.29, 1.82) is 0 Å². The monoisotopic (exact) mass is 1800 g/mol. The second-order valence-corrected chi connectivity index (χ2v) is 36.7. The molecule has 0 spiro atoms. The third kappa shape index (κ3) is 13.4. The molecule has 0 aliphatic rings. The molecule has 9 heterocycles. The second kappa shape index (κ2) is 32.5. The molecule has 9 aromatic heterocycles. The van der Waals surface area contributed by atoms with Gasteiger partial charge in [-0.1, -0.05) is 347 Å². The number of hydrogen-bond donors (Lipinski definition) is 0. The largest absolute Gasteiger partial charge is 0.455 e. The third-order valence-corrected chi connectivity index (χ3v) is 28.2. The average Bonchev–Trinajstić information content (AvgIpc) is 1.56. The van der Waals surface area contributed by atoms with E-state index < -0.39 is 0 Å². The van der Waals surface area contributed by atoms with Crippen molar-refractivity contribution >= 4 is 196 Å². The highest BCUT2D eigenvalue weighted by Crippen LogP contribution is 2.48. The third-order valence-electron chi connectivity index (χ3n) is 28.2. The van der Waals surface area contributed by atoms with Gasteiger partial charge in [-0.05, 0) is 186 Å². The van der Waals surface area contributed by atoms with E-state index in [1.54, 1.807) is 0 Å². The van der Waals surface area contributed by atoms with E-state index in [-0.39, 0.29) is 0 Å². The average molecular weight is 1810 g/mol. The Kier molecular flexibility index (Phi) is 18.5. The van der Waals surface area contributed by atoms with Gasteiger partial charge in [-0.25, -0.2) is 24.9 Å². The molecular weight excluding hydrogens is 1730 g/mol. The van der Waals surface area contributed by atoms with Crippen LogP contribution in [0.15, 0.2) is 456 Å². The summed E-state index contributed by atoms with van der Waals surface area (Å²) < 4.78 is 26.3. The van der Waals surface area contributed by atoms with E-state index in [4.69, 9.17) is 48.1 Å². The summed E-state index contributed by atoms with van der Waals surface area (Å²) in [5, 5.41) is 24.6. The van der Waals surface area contributed by atoms with Crippen LogP contribution in [0.3, 0.4) is 0 Å². The van der Waals surface area contributed by atoms with Gasteiger partial charge in [0.2, 0.25) is 17.8 Å². The first-order valence-corrected chi connectivity index (χ1v) is 47.7. The minimum absolute atomic E-state index is 0.476. The second-order valence-electron chi connectivity index (χ2n) is 36.7. The van der Waals surface area contributed by atoms with Crippen molar-refractivity contribution in [2.45, 2.75) is 19.8 Å². The van der Waals surface area contributed by atoms with Crippen molar-refractivity contribution in [3.05, 3.63) is 448 Å².